The number of oxime groups is 2. The van der Waals surface area contributed by atoms with Crippen LogP contribution in [0.25, 0.3) is 0 Å². The first-order valence-corrected chi connectivity index (χ1v) is 23.7. The van der Waals surface area contributed by atoms with Crippen molar-refractivity contribution in [3.8, 4) is 23.3 Å². The summed E-state index contributed by atoms with van der Waals surface area (Å²) in [5.74, 6) is -1.09. The fraction of sp³-hybridized carbons (Fsp3) is 0.143. The minimum atomic E-state index is -0.915. The third kappa shape index (κ3) is 8.71. The van der Waals surface area contributed by atoms with Gasteiger partial charge in [0, 0.05) is 0 Å². The van der Waals surface area contributed by atoms with Gasteiger partial charge in [0.25, 0.3) is 17.7 Å². The number of rotatable bonds is 7. The summed E-state index contributed by atoms with van der Waals surface area (Å²) < 4.78 is 31.8. The zero-order valence-corrected chi connectivity index (χ0v) is 26.9. The summed E-state index contributed by atoms with van der Waals surface area (Å²) in [6.07, 6.45) is 1.11. The van der Waals surface area contributed by atoms with E-state index in [0.29, 0.717) is 17.2 Å². The first-order chi connectivity index (χ1) is 17.4. The van der Waals surface area contributed by atoms with Gasteiger partial charge >= 0.3 is 64.9 Å². The van der Waals surface area contributed by atoms with Crippen molar-refractivity contribution in [2.75, 3.05) is 20.3 Å². The van der Waals surface area contributed by atoms with Crippen LogP contribution in [0.3, 0.4) is 0 Å². The number of benzene rings is 2. The van der Waals surface area contributed by atoms with E-state index in [1.54, 1.807) is 48.5 Å². The van der Waals surface area contributed by atoms with Gasteiger partial charge < -0.3 is 23.9 Å². The van der Waals surface area contributed by atoms with E-state index in [9.17, 15) is 0 Å². The molecule has 0 fully saturated rings. The van der Waals surface area contributed by atoms with Crippen molar-refractivity contribution in [3.05, 3.63) is 71.3 Å². The molecule has 36 heavy (non-hydrogen) atoms. The van der Waals surface area contributed by atoms with Crippen molar-refractivity contribution in [2.45, 2.75) is 0 Å². The molecule has 0 unspecified atom stereocenters. The van der Waals surface area contributed by atoms with E-state index in [1.807, 2.05) is 0 Å². The molecular weight excluding hydrogens is 874 g/mol. The monoisotopic (exact) mass is 890 g/mol. The van der Waals surface area contributed by atoms with E-state index < -0.39 is 5.82 Å². The molecular formula is C21H16ClFI3N4O5V. The summed E-state index contributed by atoms with van der Waals surface area (Å²) in [4.78, 5) is 17.4. The van der Waals surface area contributed by atoms with Gasteiger partial charge in [-0.2, -0.15) is 14.4 Å². The Balaban J connectivity index is 0.000000840. The van der Waals surface area contributed by atoms with E-state index in [4.69, 9.17) is 35.5 Å². The molecule has 1 aliphatic rings. The van der Waals surface area contributed by atoms with Crippen LogP contribution in [-0.2, 0) is 19.3 Å². The second-order valence-electron chi connectivity index (χ2n) is 6.32. The fourth-order valence-electron chi connectivity index (χ4n) is 2.68. The van der Waals surface area contributed by atoms with Crippen LogP contribution in [0.15, 0.2) is 65.2 Å². The molecule has 4 rings (SSSR count). The van der Waals surface area contributed by atoms with Crippen molar-refractivity contribution in [2.24, 2.45) is 10.3 Å². The Kier molecular flexibility index (Phi) is 12.5. The van der Waals surface area contributed by atoms with Crippen LogP contribution in [-0.4, -0.2) is 41.9 Å². The predicted octanol–water partition coefficient (Wildman–Crippen LogP) is 7.22. The molecule has 0 spiro atoms. The first kappa shape index (κ1) is 29.4. The van der Waals surface area contributed by atoms with E-state index in [0.717, 1.165) is 6.33 Å². The van der Waals surface area contributed by atoms with Crippen LogP contribution >= 0.6 is 71.5 Å². The van der Waals surface area contributed by atoms with Gasteiger partial charge in [0.15, 0.2) is 12.3 Å². The van der Waals surface area contributed by atoms with Crippen molar-refractivity contribution in [1.29, 1.82) is 0 Å². The SMILES string of the molecule is CO/N=C(\C1=NOCCO1)c1ccccc1Oc1ncnc(Oc2ccccc2Cl)c1F.[I][V]([I])[I]. The molecule has 2 heterocycles. The minimum absolute atomic E-state index is 0.0973. The summed E-state index contributed by atoms with van der Waals surface area (Å²) in [6, 6.07) is 13.3. The summed E-state index contributed by atoms with van der Waals surface area (Å²) in [5.41, 5.74) is 0.606. The van der Waals surface area contributed by atoms with Crippen LogP contribution in [0.5, 0.6) is 23.3 Å². The Morgan fingerprint density at radius 2 is 1.61 bits per heavy atom. The predicted molar refractivity (Wildman–Crippen MR) is 155 cm³/mol. The first-order valence-electron chi connectivity index (χ1n) is 9.82. The second kappa shape index (κ2) is 15.3. The molecule has 3 aromatic rings. The Bertz CT molecular complexity index is 1240. The summed E-state index contributed by atoms with van der Waals surface area (Å²) >= 11 is 13.5. The molecule has 1 aliphatic heterocycles. The van der Waals surface area contributed by atoms with Gasteiger partial charge in [0.2, 0.25) is 5.82 Å². The number of halogens is 5. The number of para-hydroxylation sites is 2. The summed E-state index contributed by atoms with van der Waals surface area (Å²) in [5, 5.41) is 8.12. The zero-order chi connectivity index (χ0) is 25.9. The van der Waals surface area contributed by atoms with Crippen molar-refractivity contribution >= 4 is 83.1 Å². The summed E-state index contributed by atoms with van der Waals surface area (Å²) in [7, 11) is 1.37. The topological polar surface area (TPSA) is 96.7 Å². The molecule has 190 valence electrons. The number of nitrogens with zero attached hydrogens (tertiary/aromatic N) is 4. The molecule has 0 atom stereocenters. The third-order valence-electron chi connectivity index (χ3n) is 4.06. The van der Waals surface area contributed by atoms with Gasteiger partial charge in [-0.3, -0.25) is 0 Å². The van der Waals surface area contributed by atoms with Crippen LogP contribution in [0.2, 0.25) is 5.02 Å². The molecule has 0 saturated carbocycles. The van der Waals surface area contributed by atoms with E-state index >= 15 is 4.39 Å². The number of aromatic nitrogens is 2. The zero-order valence-electron chi connectivity index (χ0n) is 18.3. The Hall–Kier alpha value is -1.15. The quantitative estimate of drug-likeness (QED) is 0.141. The summed E-state index contributed by atoms with van der Waals surface area (Å²) in [6.45, 7) is 0.593. The van der Waals surface area contributed by atoms with Crippen molar-refractivity contribution in [1.82, 2.24) is 9.97 Å². The molecule has 0 bridgehead atoms. The number of hydrogen-bond acceptors (Lipinski definition) is 9. The third-order valence-corrected chi connectivity index (χ3v) is 4.38. The molecule has 0 radical (unpaired) electrons. The average molecular weight is 890 g/mol. The maximum atomic E-state index is 15.1. The normalized spacial score (nSPS) is 13.0. The molecule has 0 amide bonds. The Labute approximate surface area is 248 Å². The van der Waals surface area contributed by atoms with E-state index in [-0.39, 0.29) is 46.4 Å². The molecule has 9 nitrogen and oxygen atoms in total. The van der Waals surface area contributed by atoms with Crippen LogP contribution < -0.4 is 9.47 Å². The van der Waals surface area contributed by atoms with Crippen LogP contribution in [0, 0.1) is 5.82 Å². The van der Waals surface area contributed by atoms with Gasteiger partial charge in [-0.05, 0) is 29.4 Å². The molecule has 0 N–H and O–H groups in total. The van der Waals surface area contributed by atoms with Crippen molar-refractivity contribution < 1.29 is 33.2 Å². The van der Waals surface area contributed by atoms with Gasteiger partial charge in [0.1, 0.15) is 31.5 Å². The van der Waals surface area contributed by atoms with Crippen LogP contribution in [0.4, 0.5) is 4.39 Å². The average Bonchev–Trinajstić information content (AvgIpc) is 2.87. The van der Waals surface area contributed by atoms with Gasteiger partial charge in [0.05, 0.1) is 10.6 Å². The fourth-order valence-corrected chi connectivity index (χ4v) is 2.85. The maximum absolute atomic E-state index is 15.1. The molecule has 0 aliphatic carbocycles. The Morgan fingerprint density at radius 3 is 2.22 bits per heavy atom. The van der Waals surface area contributed by atoms with Crippen LogP contribution in [0.1, 0.15) is 5.56 Å². The van der Waals surface area contributed by atoms with Crippen molar-refractivity contribution in [3.63, 3.8) is 0 Å². The van der Waals surface area contributed by atoms with Gasteiger partial charge in [-0.15, -0.1) is 0 Å². The van der Waals surface area contributed by atoms with E-state index in [2.05, 4.69) is 80.2 Å². The molecule has 2 aromatic carbocycles. The molecule has 1 aromatic heterocycles. The van der Waals surface area contributed by atoms with Gasteiger partial charge in [-0.1, -0.05) is 41.0 Å². The molecule has 15 heteroatoms. The standard InChI is InChI=1S/C21H16ClFN4O5.3HI.V/c1-28-26-18(21-27-30-11-10-29-21)13-6-2-4-8-15(13)31-19-17(23)20(25-12-24-19)32-16-9-5-3-7-14(16)22;;;;/h2-9,12H,10-11H2,1H3;3*1H;/q;;;;+3/p-3/b26-18-;;;;. The number of hydrogen-bond donors (Lipinski definition) is 0. The van der Waals surface area contributed by atoms with Gasteiger partial charge in [-0.25, -0.2) is 0 Å². The van der Waals surface area contributed by atoms with E-state index in [1.165, 1.54) is 7.11 Å². The number of ether oxygens (including phenoxy) is 3. The Morgan fingerprint density at radius 1 is 1.00 bits per heavy atom. The molecule has 0 saturated heterocycles. The second-order valence-corrected chi connectivity index (χ2v) is 42.1.